The fraction of sp³-hybridized carbons (Fsp3) is 0.741. The van der Waals surface area contributed by atoms with Gasteiger partial charge in [0.05, 0.1) is 12.5 Å². The van der Waals surface area contributed by atoms with Crippen molar-refractivity contribution >= 4 is 41.5 Å². The predicted molar refractivity (Wildman–Crippen MR) is 152 cm³/mol. The molecule has 0 aliphatic carbocycles. The Labute approximate surface area is 246 Å². The second kappa shape index (κ2) is 18.6. The first-order valence-corrected chi connectivity index (χ1v) is 14.1. The molecule has 10 N–H and O–H groups in total. The number of aliphatic carboxylic acids is 2. The van der Waals surface area contributed by atoms with Gasteiger partial charge in [-0.1, -0.05) is 48.0 Å². The fourth-order valence-electron chi connectivity index (χ4n) is 4.02. The maximum atomic E-state index is 13.2. The number of amides is 5. The fourth-order valence-corrected chi connectivity index (χ4v) is 4.02. The van der Waals surface area contributed by atoms with Gasteiger partial charge in [-0.2, -0.15) is 0 Å². The molecule has 0 aromatic carbocycles. The summed E-state index contributed by atoms with van der Waals surface area (Å²) in [7, 11) is 0. The van der Waals surface area contributed by atoms with E-state index < -0.39 is 84.0 Å². The molecule has 0 aromatic rings. The molecule has 0 aliphatic rings. The van der Waals surface area contributed by atoms with E-state index in [0.29, 0.717) is 12.8 Å². The highest BCUT2D eigenvalue weighted by atomic mass is 16.4. The molecule has 15 nitrogen and oxygen atoms in total. The zero-order valence-electron chi connectivity index (χ0n) is 25.3. The first-order valence-electron chi connectivity index (χ1n) is 14.1. The van der Waals surface area contributed by atoms with Crippen molar-refractivity contribution in [3.05, 3.63) is 0 Å². The van der Waals surface area contributed by atoms with Crippen LogP contribution in [0.15, 0.2) is 0 Å². The molecule has 6 atom stereocenters. The Hall–Kier alpha value is -3.75. The summed E-state index contributed by atoms with van der Waals surface area (Å²) in [5, 5.41) is 28.4. The zero-order valence-corrected chi connectivity index (χ0v) is 25.3. The molecular formula is C27H48N6O9. The molecule has 0 spiro atoms. The van der Waals surface area contributed by atoms with Gasteiger partial charge < -0.3 is 42.9 Å². The van der Waals surface area contributed by atoms with Crippen LogP contribution >= 0.6 is 0 Å². The highest BCUT2D eigenvalue weighted by Crippen LogP contribution is 2.11. The Morgan fingerprint density at radius 2 is 1.17 bits per heavy atom. The Morgan fingerprint density at radius 3 is 1.62 bits per heavy atom. The van der Waals surface area contributed by atoms with E-state index in [4.69, 9.17) is 11.5 Å². The number of nitrogens with two attached hydrogens (primary N) is 2. The molecule has 0 bridgehead atoms. The van der Waals surface area contributed by atoms with E-state index in [1.54, 1.807) is 13.8 Å². The molecule has 15 heteroatoms. The van der Waals surface area contributed by atoms with Crippen LogP contribution in [0.25, 0.3) is 0 Å². The van der Waals surface area contributed by atoms with E-state index >= 15 is 0 Å². The van der Waals surface area contributed by atoms with Crippen molar-refractivity contribution in [1.29, 1.82) is 0 Å². The smallest absolute Gasteiger partial charge is 0.326 e. The molecule has 0 unspecified atom stereocenters. The van der Waals surface area contributed by atoms with Crippen LogP contribution in [0.3, 0.4) is 0 Å². The van der Waals surface area contributed by atoms with Crippen LogP contribution in [0.5, 0.6) is 0 Å². The minimum absolute atomic E-state index is 0.0587. The highest BCUT2D eigenvalue weighted by molar-refractivity contribution is 5.96. The van der Waals surface area contributed by atoms with Crippen LogP contribution < -0.4 is 32.7 Å². The van der Waals surface area contributed by atoms with Gasteiger partial charge in [-0.25, -0.2) is 4.79 Å². The van der Waals surface area contributed by atoms with E-state index in [0.717, 1.165) is 0 Å². The van der Waals surface area contributed by atoms with E-state index in [1.807, 2.05) is 27.7 Å². The number of primary amides is 1. The average molecular weight is 601 g/mol. The van der Waals surface area contributed by atoms with Crippen LogP contribution in [-0.4, -0.2) is 81.9 Å². The lowest BCUT2D eigenvalue weighted by atomic mass is 9.98. The molecule has 42 heavy (non-hydrogen) atoms. The molecule has 0 fully saturated rings. The number of carbonyl (C=O) groups is 7. The van der Waals surface area contributed by atoms with Crippen LogP contribution in [0.1, 0.15) is 80.1 Å². The number of hydrogen-bond donors (Lipinski definition) is 8. The molecule has 5 amide bonds. The summed E-state index contributed by atoms with van der Waals surface area (Å²) in [6.07, 6.45) is -0.575. The molecule has 240 valence electrons. The minimum Gasteiger partial charge on any atom is -0.481 e. The van der Waals surface area contributed by atoms with Crippen LogP contribution in [0, 0.1) is 17.8 Å². The van der Waals surface area contributed by atoms with E-state index in [1.165, 1.54) is 0 Å². The minimum atomic E-state index is -1.70. The second-order valence-electron chi connectivity index (χ2n) is 11.4. The predicted octanol–water partition coefficient (Wildman–Crippen LogP) is -0.784. The maximum absolute atomic E-state index is 13.2. The molecule has 0 saturated heterocycles. The third-order valence-corrected chi connectivity index (χ3v) is 6.50. The van der Waals surface area contributed by atoms with Gasteiger partial charge in [0.25, 0.3) is 0 Å². The van der Waals surface area contributed by atoms with Gasteiger partial charge in [0.2, 0.25) is 29.5 Å². The number of carboxylic acid groups (broad SMARTS) is 2. The summed E-state index contributed by atoms with van der Waals surface area (Å²) in [6.45, 7) is 10.7. The first kappa shape index (κ1) is 38.2. The third kappa shape index (κ3) is 14.8. The lowest BCUT2D eigenvalue weighted by molar-refractivity contribution is -0.144. The summed E-state index contributed by atoms with van der Waals surface area (Å²) >= 11 is 0. The summed E-state index contributed by atoms with van der Waals surface area (Å²) in [4.78, 5) is 86.5. The summed E-state index contributed by atoms with van der Waals surface area (Å²) in [5.74, 6) is -7.40. The zero-order chi connectivity index (χ0) is 32.7. The van der Waals surface area contributed by atoms with E-state index in [9.17, 15) is 43.8 Å². The lowest BCUT2D eigenvalue weighted by Gasteiger charge is -2.27. The Kier molecular flexibility index (Phi) is 17.0. The number of hydrogen-bond acceptors (Lipinski definition) is 8. The molecule has 0 aromatic heterocycles. The Morgan fingerprint density at radius 1 is 0.690 bits per heavy atom. The summed E-state index contributed by atoms with van der Waals surface area (Å²) < 4.78 is 0. The topological polar surface area (TPSA) is 260 Å². The lowest BCUT2D eigenvalue weighted by Crippen LogP contribution is -2.59. The standard InChI is InChI=1S/C27H48N6O9/c1-7-15(6)22(27(41)42)33-26(40)19(12-21(35)36)32-24(38)17(8-9-20(29)34)30-25(39)18(11-14(4)5)31-23(37)16(28)10-13(2)3/h13-19,22H,7-12,28H2,1-6H3,(H2,29,34)(H,30,39)(H,31,37)(H,32,38)(H,33,40)(H,35,36)(H,41,42)/t15-,16-,17-,18-,19-,22-/m0/s1. The van der Waals surface area contributed by atoms with Gasteiger partial charge in [-0.05, 0) is 37.0 Å². The summed E-state index contributed by atoms with van der Waals surface area (Å²) in [6, 6.07) is -6.46. The number of nitrogens with one attached hydrogen (secondary N) is 4. The molecule has 0 saturated carbocycles. The Bertz CT molecular complexity index is 972. The van der Waals surface area contributed by atoms with Crippen LogP contribution in [-0.2, 0) is 33.6 Å². The monoisotopic (exact) mass is 600 g/mol. The van der Waals surface area contributed by atoms with Crippen molar-refractivity contribution in [1.82, 2.24) is 21.3 Å². The number of carbonyl (C=O) groups excluding carboxylic acids is 5. The van der Waals surface area contributed by atoms with Gasteiger partial charge in [0.1, 0.15) is 24.2 Å². The van der Waals surface area contributed by atoms with Gasteiger partial charge >= 0.3 is 11.9 Å². The Balaban J connectivity index is 5.99. The first-order chi connectivity index (χ1) is 19.4. The van der Waals surface area contributed by atoms with E-state index in [-0.39, 0.29) is 31.1 Å². The third-order valence-electron chi connectivity index (χ3n) is 6.50. The van der Waals surface area contributed by atoms with E-state index in [2.05, 4.69) is 21.3 Å². The molecule has 0 heterocycles. The molecule has 0 rings (SSSR count). The van der Waals surface area contributed by atoms with Crippen molar-refractivity contribution in [2.24, 2.45) is 29.2 Å². The van der Waals surface area contributed by atoms with Crippen LogP contribution in [0.4, 0.5) is 0 Å². The van der Waals surface area contributed by atoms with Gasteiger partial charge in [-0.3, -0.25) is 28.8 Å². The van der Waals surface area contributed by atoms with Gasteiger partial charge in [0, 0.05) is 6.42 Å². The van der Waals surface area contributed by atoms with Crippen molar-refractivity contribution in [3.8, 4) is 0 Å². The van der Waals surface area contributed by atoms with Gasteiger partial charge in [-0.15, -0.1) is 0 Å². The highest BCUT2D eigenvalue weighted by Gasteiger charge is 2.34. The van der Waals surface area contributed by atoms with Gasteiger partial charge in [0.15, 0.2) is 0 Å². The molecule has 0 radical (unpaired) electrons. The second-order valence-corrected chi connectivity index (χ2v) is 11.4. The largest absolute Gasteiger partial charge is 0.481 e. The summed E-state index contributed by atoms with van der Waals surface area (Å²) in [5.41, 5.74) is 11.2. The van der Waals surface area contributed by atoms with Crippen LogP contribution in [0.2, 0.25) is 0 Å². The van der Waals surface area contributed by atoms with Crippen molar-refractivity contribution in [2.45, 2.75) is 110 Å². The normalized spacial score (nSPS) is 15.5. The molecule has 0 aliphatic heterocycles. The maximum Gasteiger partial charge on any atom is 0.326 e. The van der Waals surface area contributed by atoms with Crippen molar-refractivity contribution in [3.63, 3.8) is 0 Å². The average Bonchev–Trinajstić information content (AvgIpc) is 2.86. The number of rotatable bonds is 20. The quantitative estimate of drug-likeness (QED) is 0.0863. The molecular weight excluding hydrogens is 552 g/mol. The number of carboxylic acids is 2. The van der Waals surface area contributed by atoms with Crippen molar-refractivity contribution in [2.75, 3.05) is 0 Å². The van der Waals surface area contributed by atoms with Crippen molar-refractivity contribution < 1.29 is 43.8 Å². The SMILES string of the molecule is CC[C@H](C)[C@H](NC(=O)[C@H](CC(=O)O)NC(=O)[C@H](CCC(N)=O)NC(=O)[C@H](CC(C)C)NC(=O)[C@@H](N)CC(C)C)C(=O)O.